The van der Waals surface area contributed by atoms with Crippen LogP contribution in [-0.4, -0.2) is 27.1 Å². The second-order valence-corrected chi connectivity index (χ2v) is 7.32. The number of thioether (sulfide) groups is 1. The third kappa shape index (κ3) is 3.16. The Balaban J connectivity index is 2.23. The topological polar surface area (TPSA) is 43.8 Å². The van der Waals surface area contributed by atoms with Gasteiger partial charge in [0.1, 0.15) is 0 Å². The third-order valence-electron chi connectivity index (χ3n) is 4.29. The zero-order chi connectivity index (χ0) is 13.8. The average Bonchev–Trinajstić information content (AvgIpc) is 2.98. The van der Waals surface area contributed by atoms with Gasteiger partial charge < -0.3 is 10.3 Å². The summed E-state index contributed by atoms with van der Waals surface area (Å²) in [5, 5.41) is 0.753. The van der Waals surface area contributed by atoms with E-state index in [1.54, 1.807) is 0 Å². The summed E-state index contributed by atoms with van der Waals surface area (Å²) in [6.45, 7) is 7.47. The van der Waals surface area contributed by atoms with Crippen LogP contribution < -0.4 is 5.73 Å². The van der Waals surface area contributed by atoms with Crippen LogP contribution in [0.5, 0.6) is 0 Å². The lowest BCUT2D eigenvalue weighted by Crippen LogP contribution is -2.24. The van der Waals surface area contributed by atoms with Crippen molar-refractivity contribution >= 4 is 11.8 Å². The molecule has 0 aromatic carbocycles. The first kappa shape index (κ1) is 14.9. The predicted molar refractivity (Wildman–Crippen MR) is 83.7 cm³/mol. The van der Waals surface area contributed by atoms with E-state index >= 15 is 0 Å². The van der Waals surface area contributed by atoms with Crippen molar-refractivity contribution in [2.75, 3.05) is 12.3 Å². The second-order valence-electron chi connectivity index (χ2n) is 5.80. The van der Waals surface area contributed by atoms with Crippen LogP contribution in [0.4, 0.5) is 0 Å². The minimum absolute atomic E-state index is 0.426. The van der Waals surface area contributed by atoms with E-state index in [-0.39, 0.29) is 0 Å². The molecule has 1 heterocycles. The highest BCUT2D eigenvalue weighted by atomic mass is 32.2. The lowest BCUT2D eigenvalue weighted by atomic mass is 9.92. The molecule has 0 aliphatic heterocycles. The van der Waals surface area contributed by atoms with Gasteiger partial charge in [-0.3, -0.25) is 0 Å². The normalized spacial score (nSPS) is 25.1. The maximum atomic E-state index is 5.98. The van der Waals surface area contributed by atoms with Crippen LogP contribution in [0.3, 0.4) is 0 Å². The molecular formula is C15H27N3S. The maximum Gasteiger partial charge on any atom is 0.0951 e. The molecule has 3 nitrogen and oxygen atoms in total. The molecular weight excluding hydrogens is 254 g/mol. The lowest BCUT2D eigenvalue weighted by molar-refractivity contribution is 0.437. The molecule has 1 aliphatic carbocycles. The molecule has 3 unspecified atom stereocenters. The van der Waals surface area contributed by atoms with Gasteiger partial charge >= 0.3 is 0 Å². The summed E-state index contributed by atoms with van der Waals surface area (Å²) >= 11 is 2.10. The van der Waals surface area contributed by atoms with Crippen LogP contribution in [0.1, 0.15) is 57.7 Å². The summed E-state index contributed by atoms with van der Waals surface area (Å²) in [7, 11) is 0. The Kier molecular flexibility index (Phi) is 5.34. The first-order valence-electron chi connectivity index (χ1n) is 7.52. The Morgan fingerprint density at radius 1 is 1.47 bits per heavy atom. The fraction of sp³-hybridized carbons (Fsp3) is 0.800. The van der Waals surface area contributed by atoms with E-state index in [0.29, 0.717) is 24.4 Å². The van der Waals surface area contributed by atoms with Gasteiger partial charge in [0, 0.05) is 35.6 Å². The lowest BCUT2D eigenvalue weighted by Gasteiger charge is -2.27. The Bertz CT molecular complexity index is 388. The summed E-state index contributed by atoms with van der Waals surface area (Å²) in [4.78, 5) is 4.41. The molecule has 0 radical (unpaired) electrons. The first-order chi connectivity index (χ1) is 9.19. The summed E-state index contributed by atoms with van der Waals surface area (Å²) in [5.74, 6) is 2.20. The van der Waals surface area contributed by atoms with Gasteiger partial charge in [0.15, 0.2) is 0 Å². The van der Waals surface area contributed by atoms with E-state index in [2.05, 4.69) is 42.1 Å². The number of nitrogens with zero attached hydrogens (tertiary/aromatic N) is 2. The highest BCUT2D eigenvalue weighted by molar-refractivity contribution is 7.99. The van der Waals surface area contributed by atoms with Gasteiger partial charge in [0.2, 0.25) is 0 Å². The monoisotopic (exact) mass is 281 g/mol. The van der Waals surface area contributed by atoms with E-state index in [9.17, 15) is 0 Å². The Morgan fingerprint density at radius 2 is 2.26 bits per heavy atom. The molecule has 1 aromatic heterocycles. The van der Waals surface area contributed by atoms with Gasteiger partial charge in [0.05, 0.1) is 6.33 Å². The molecule has 0 saturated heterocycles. The minimum Gasteiger partial charge on any atom is -0.330 e. The van der Waals surface area contributed by atoms with E-state index < -0.39 is 0 Å². The fourth-order valence-corrected chi connectivity index (χ4v) is 4.50. The quantitative estimate of drug-likeness (QED) is 0.869. The van der Waals surface area contributed by atoms with Crippen LogP contribution in [0, 0.1) is 5.92 Å². The number of hydrogen-bond donors (Lipinski definition) is 1. The molecule has 1 saturated carbocycles. The molecule has 3 atom stereocenters. The highest BCUT2D eigenvalue weighted by Gasteiger charge is 2.31. The van der Waals surface area contributed by atoms with Gasteiger partial charge in [-0.05, 0) is 24.5 Å². The molecule has 2 N–H and O–H groups in total. The number of imidazole rings is 1. The van der Waals surface area contributed by atoms with Crippen molar-refractivity contribution in [3.63, 3.8) is 0 Å². The molecule has 4 heteroatoms. The maximum absolute atomic E-state index is 5.98. The molecule has 0 spiro atoms. The molecule has 1 aliphatic rings. The second kappa shape index (κ2) is 6.80. The van der Waals surface area contributed by atoms with Crippen molar-refractivity contribution in [1.82, 2.24) is 9.55 Å². The zero-order valence-corrected chi connectivity index (χ0v) is 13.2. The van der Waals surface area contributed by atoms with E-state index in [1.165, 1.54) is 30.7 Å². The van der Waals surface area contributed by atoms with E-state index in [4.69, 9.17) is 5.73 Å². The van der Waals surface area contributed by atoms with E-state index in [1.807, 2.05) is 12.5 Å². The molecule has 0 bridgehead atoms. The molecule has 1 fully saturated rings. The first-order valence-corrected chi connectivity index (χ1v) is 8.57. The summed E-state index contributed by atoms with van der Waals surface area (Å²) in [6, 6.07) is 0.621. The smallest absolute Gasteiger partial charge is 0.0951 e. The van der Waals surface area contributed by atoms with Crippen LogP contribution >= 0.6 is 11.8 Å². The highest BCUT2D eigenvalue weighted by Crippen LogP contribution is 2.40. The molecule has 19 heavy (non-hydrogen) atoms. The molecule has 108 valence electrons. The number of aromatic nitrogens is 2. The largest absolute Gasteiger partial charge is 0.330 e. The van der Waals surface area contributed by atoms with Gasteiger partial charge in [-0.15, -0.1) is 0 Å². The van der Waals surface area contributed by atoms with Crippen molar-refractivity contribution in [2.24, 2.45) is 11.7 Å². The van der Waals surface area contributed by atoms with Gasteiger partial charge in [-0.1, -0.05) is 27.2 Å². The SMILES string of the molecule is CCSC1CCCC1n1cncc1C(CN)C(C)C. The van der Waals surface area contributed by atoms with Crippen LogP contribution in [0.25, 0.3) is 0 Å². The number of rotatable bonds is 6. The molecule has 1 aromatic rings. The van der Waals surface area contributed by atoms with E-state index in [0.717, 1.165) is 5.25 Å². The van der Waals surface area contributed by atoms with Gasteiger partial charge in [-0.2, -0.15) is 11.8 Å². The van der Waals surface area contributed by atoms with Gasteiger partial charge in [-0.25, -0.2) is 4.98 Å². The van der Waals surface area contributed by atoms with Crippen molar-refractivity contribution in [3.8, 4) is 0 Å². The fourth-order valence-electron chi connectivity index (χ4n) is 3.25. The number of nitrogens with two attached hydrogens (primary N) is 1. The standard InChI is InChI=1S/C15H27N3S/c1-4-19-15-7-5-6-13(15)18-10-17-9-14(18)12(8-16)11(2)3/h9-13,15H,4-8,16H2,1-3H3. The van der Waals surface area contributed by atoms with Crippen LogP contribution in [0.15, 0.2) is 12.5 Å². The van der Waals surface area contributed by atoms with Crippen molar-refractivity contribution in [1.29, 1.82) is 0 Å². The third-order valence-corrected chi connectivity index (χ3v) is 5.60. The van der Waals surface area contributed by atoms with Crippen LogP contribution in [-0.2, 0) is 0 Å². The number of hydrogen-bond acceptors (Lipinski definition) is 3. The Morgan fingerprint density at radius 3 is 2.89 bits per heavy atom. The Hall–Kier alpha value is -0.480. The van der Waals surface area contributed by atoms with Crippen LogP contribution in [0.2, 0.25) is 0 Å². The van der Waals surface area contributed by atoms with Gasteiger partial charge in [0.25, 0.3) is 0 Å². The molecule has 2 rings (SSSR count). The van der Waals surface area contributed by atoms with Crippen molar-refractivity contribution in [3.05, 3.63) is 18.2 Å². The minimum atomic E-state index is 0.426. The molecule has 0 amide bonds. The predicted octanol–water partition coefficient (Wildman–Crippen LogP) is 3.43. The zero-order valence-electron chi connectivity index (χ0n) is 12.4. The van der Waals surface area contributed by atoms with Crippen molar-refractivity contribution in [2.45, 2.75) is 57.2 Å². The summed E-state index contributed by atoms with van der Waals surface area (Å²) < 4.78 is 2.43. The average molecular weight is 281 g/mol. The summed E-state index contributed by atoms with van der Waals surface area (Å²) in [5.41, 5.74) is 7.32. The Labute approximate surface area is 121 Å². The summed E-state index contributed by atoms with van der Waals surface area (Å²) in [6.07, 6.45) is 8.03. The van der Waals surface area contributed by atoms with Crippen molar-refractivity contribution < 1.29 is 0 Å².